The molecule has 0 aliphatic carbocycles. The van der Waals surface area contributed by atoms with Gasteiger partial charge in [0.15, 0.2) is 0 Å². The lowest BCUT2D eigenvalue weighted by Gasteiger charge is -2.11. The fraction of sp³-hybridized carbons (Fsp3) is 0.0833. The molecule has 0 fully saturated rings. The van der Waals surface area contributed by atoms with Crippen LogP contribution < -0.4 is 4.74 Å². The van der Waals surface area contributed by atoms with Gasteiger partial charge in [-0.1, -0.05) is 34.8 Å². The van der Waals surface area contributed by atoms with Crippen molar-refractivity contribution in [1.29, 1.82) is 0 Å². The summed E-state index contributed by atoms with van der Waals surface area (Å²) in [6.45, 7) is 0. The summed E-state index contributed by atoms with van der Waals surface area (Å²) in [4.78, 5) is 14.2. The lowest BCUT2D eigenvalue weighted by Crippen LogP contribution is -1.96. The van der Waals surface area contributed by atoms with Gasteiger partial charge in [0.2, 0.25) is 5.88 Å². The minimum absolute atomic E-state index is 0.182. The van der Waals surface area contributed by atoms with E-state index in [2.05, 4.69) is 4.98 Å². The average Bonchev–Trinajstić information content (AvgIpc) is 2.37. The minimum atomic E-state index is -0.562. The molecule has 0 saturated heterocycles. The van der Waals surface area contributed by atoms with Crippen LogP contribution in [0.25, 0.3) is 11.1 Å². The van der Waals surface area contributed by atoms with Crippen LogP contribution in [0.15, 0.2) is 24.4 Å². The number of nitro groups is 1. The van der Waals surface area contributed by atoms with Crippen LogP contribution in [-0.2, 0) is 0 Å². The number of methoxy groups -OCH3 is 1. The Morgan fingerprint density at radius 1 is 1.20 bits per heavy atom. The van der Waals surface area contributed by atoms with Gasteiger partial charge < -0.3 is 4.74 Å². The summed E-state index contributed by atoms with van der Waals surface area (Å²) in [7, 11) is 1.40. The first-order valence-corrected chi connectivity index (χ1v) is 6.40. The summed E-state index contributed by atoms with van der Waals surface area (Å²) in [6, 6.07) is 4.28. The van der Waals surface area contributed by atoms with Crippen molar-refractivity contribution in [3.8, 4) is 17.0 Å². The Balaban J connectivity index is 2.74. The van der Waals surface area contributed by atoms with Crippen LogP contribution in [0.5, 0.6) is 5.88 Å². The van der Waals surface area contributed by atoms with E-state index in [0.29, 0.717) is 16.1 Å². The van der Waals surface area contributed by atoms with Crippen molar-refractivity contribution in [1.82, 2.24) is 4.98 Å². The highest BCUT2D eigenvalue weighted by atomic mass is 35.5. The Hall–Kier alpha value is -1.56. The molecule has 5 nitrogen and oxygen atoms in total. The van der Waals surface area contributed by atoms with Gasteiger partial charge in [-0.05, 0) is 12.1 Å². The van der Waals surface area contributed by atoms with Crippen LogP contribution in [0.1, 0.15) is 0 Å². The lowest BCUT2D eigenvalue weighted by molar-refractivity contribution is -0.385. The molecule has 2 aromatic rings. The summed E-state index contributed by atoms with van der Waals surface area (Å²) in [6.07, 6.45) is 1.10. The molecule has 0 amide bonds. The van der Waals surface area contributed by atoms with Gasteiger partial charge in [0, 0.05) is 16.7 Å². The maximum atomic E-state index is 10.8. The molecule has 0 spiro atoms. The maximum Gasteiger partial charge on any atom is 0.288 e. The van der Waals surface area contributed by atoms with Crippen molar-refractivity contribution >= 4 is 40.5 Å². The number of aromatic nitrogens is 1. The van der Waals surface area contributed by atoms with Crippen molar-refractivity contribution < 1.29 is 9.66 Å². The zero-order valence-corrected chi connectivity index (χ0v) is 12.3. The number of pyridine rings is 1. The monoisotopic (exact) mass is 332 g/mol. The summed E-state index contributed by atoms with van der Waals surface area (Å²) in [5, 5.41) is 11.7. The number of ether oxygens (including phenoxy) is 1. The van der Waals surface area contributed by atoms with Gasteiger partial charge in [0.25, 0.3) is 5.69 Å². The second-order valence-corrected chi connectivity index (χ2v) is 5.00. The molecule has 1 heterocycles. The van der Waals surface area contributed by atoms with Crippen LogP contribution in [0.3, 0.4) is 0 Å². The maximum absolute atomic E-state index is 10.8. The molecular formula is C12H7Cl3N2O3. The second kappa shape index (κ2) is 5.83. The minimum Gasteiger partial charge on any atom is -0.481 e. The molecule has 0 radical (unpaired) electrons. The van der Waals surface area contributed by atoms with Crippen LogP contribution >= 0.6 is 34.8 Å². The first-order valence-electron chi connectivity index (χ1n) is 5.27. The predicted octanol–water partition coefficient (Wildman–Crippen LogP) is 4.63. The van der Waals surface area contributed by atoms with Gasteiger partial charge in [-0.25, -0.2) is 4.98 Å². The van der Waals surface area contributed by atoms with Gasteiger partial charge in [-0.3, -0.25) is 10.1 Å². The number of nitrogens with zero attached hydrogens (tertiary/aromatic N) is 2. The Kier molecular flexibility index (Phi) is 4.32. The molecule has 20 heavy (non-hydrogen) atoms. The molecule has 0 N–H and O–H groups in total. The van der Waals surface area contributed by atoms with E-state index in [-0.39, 0.29) is 21.6 Å². The molecule has 2 rings (SSSR count). The summed E-state index contributed by atoms with van der Waals surface area (Å²) < 4.78 is 5.09. The first kappa shape index (κ1) is 14.8. The van der Waals surface area contributed by atoms with Crippen molar-refractivity contribution in [3.05, 3.63) is 49.6 Å². The van der Waals surface area contributed by atoms with Crippen LogP contribution in [0.2, 0.25) is 15.1 Å². The lowest BCUT2D eigenvalue weighted by atomic mass is 10.1. The molecular weight excluding hydrogens is 327 g/mol. The Morgan fingerprint density at radius 3 is 2.30 bits per heavy atom. The molecule has 1 aromatic carbocycles. The largest absolute Gasteiger partial charge is 0.481 e. The normalized spacial score (nSPS) is 10.4. The molecule has 104 valence electrons. The number of halogens is 3. The highest BCUT2D eigenvalue weighted by Gasteiger charge is 2.19. The molecule has 1 aromatic heterocycles. The molecule has 0 aliphatic heterocycles. The number of hydrogen-bond donors (Lipinski definition) is 0. The zero-order chi connectivity index (χ0) is 14.9. The van der Waals surface area contributed by atoms with Gasteiger partial charge in [0.05, 0.1) is 27.6 Å². The van der Waals surface area contributed by atoms with Crippen LogP contribution in [-0.4, -0.2) is 17.0 Å². The molecule has 0 bridgehead atoms. The molecule has 0 atom stereocenters. The Bertz CT molecular complexity index is 669. The number of rotatable bonds is 3. The van der Waals surface area contributed by atoms with Gasteiger partial charge in [-0.15, -0.1) is 0 Å². The van der Waals surface area contributed by atoms with Crippen molar-refractivity contribution in [2.75, 3.05) is 7.11 Å². The molecule has 8 heteroatoms. The van der Waals surface area contributed by atoms with Crippen molar-refractivity contribution in [3.63, 3.8) is 0 Å². The van der Waals surface area contributed by atoms with E-state index in [1.54, 1.807) is 0 Å². The van der Waals surface area contributed by atoms with E-state index < -0.39 is 4.92 Å². The van der Waals surface area contributed by atoms with Gasteiger partial charge in [-0.2, -0.15) is 0 Å². The van der Waals surface area contributed by atoms with E-state index >= 15 is 0 Å². The predicted molar refractivity (Wildman–Crippen MR) is 77.9 cm³/mol. The van der Waals surface area contributed by atoms with E-state index in [9.17, 15) is 10.1 Å². The molecule has 0 unspecified atom stereocenters. The topological polar surface area (TPSA) is 65.3 Å². The highest BCUT2D eigenvalue weighted by Crippen LogP contribution is 2.41. The Labute approximate surface area is 129 Å². The summed E-state index contributed by atoms with van der Waals surface area (Å²) in [5.74, 6) is 0.182. The van der Waals surface area contributed by atoms with E-state index in [0.717, 1.165) is 6.20 Å². The fourth-order valence-corrected chi connectivity index (χ4v) is 2.70. The second-order valence-electron chi connectivity index (χ2n) is 3.75. The quantitative estimate of drug-likeness (QED) is 0.607. The van der Waals surface area contributed by atoms with Gasteiger partial charge >= 0.3 is 0 Å². The third kappa shape index (κ3) is 2.80. The standard InChI is InChI=1S/C12H7Cl3N2O3/c1-20-12-8(4-7(5-16-12)17(18)19)11-9(14)2-6(13)3-10(11)15/h2-5H,1H3. The number of benzene rings is 1. The van der Waals surface area contributed by atoms with Crippen molar-refractivity contribution in [2.45, 2.75) is 0 Å². The smallest absolute Gasteiger partial charge is 0.288 e. The average molecular weight is 334 g/mol. The Morgan fingerprint density at radius 2 is 1.80 bits per heavy atom. The highest BCUT2D eigenvalue weighted by molar-refractivity contribution is 6.41. The summed E-state index contributed by atoms with van der Waals surface area (Å²) in [5.41, 5.74) is 0.516. The van der Waals surface area contributed by atoms with Crippen LogP contribution in [0.4, 0.5) is 5.69 Å². The third-order valence-electron chi connectivity index (χ3n) is 2.52. The van der Waals surface area contributed by atoms with Crippen molar-refractivity contribution in [2.24, 2.45) is 0 Å². The number of hydrogen-bond acceptors (Lipinski definition) is 4. The van der Waals surface area contributed by atoms with Crippen LogP contribution in [0, 0.1) is 10.1 Å². The fourth-order valence-electron chi connectivity index (χ4n) is 1.68. The van der Waals surface area contributed by atoms with Gasteiger partial charge in [0.1, 0.15) is 6.20 Å². The summed E-state index contributed by atoms with van der Waals surface area (Å²) >= 11 is 18.1. The molecule has 0 aliphatic rings. The van der Waals surface area contributed by atoms with E-state index in [1.165, 1.54) is 25.3 Å². The third-order valence-corrected chi connectivity index (χ3v) is 3.33. The van der Waals surface area contributed by atoms with E-state index in [4.69, 9.17) is 39.5 Å². The molecule has 0 saturated carbocycles. The SMILES string of the molecule is COc1ncc([N+](=O)[O-])cc1-c1c(Cl)cc(Cl)cc1Cl. The zero-order valence-electron chi connectivity index (χ0n) is 10.1. The van der Waals surface area contributed by atoms with E-state index in [1.807, 2.05) is 0 Å². The first-order chi connectivity index (χ1) is 9.43.